The van der Waals surface area contributed by atoms with Gasteiger partial charge in [-0.05, 0) is 39.5 Å². The molecule has 0 aromatic carbocycles. The Bertz CT molecular complexity index is 365. The van der Waals surface area contributed by atoms with Crippen molar-refractivity contribution in [2.45, 2.75) is 51.8 Å². The first-order chi connectivity index (χ1) is 7.97. The largest absolute Gasteiger partial charge is 0.392 e. The highest BCUT2D eigenvalue weighted by molar-refractivity contribution is 4.94. The average molecular weight is 238 g/mol. The van der Waals surface area contributed by atoms with Gasteiger partial charge in [-0.1, -0.05) is 5.21 Å². The summed E-state index contributed by atoms with van der Waals surface area (Å²) in [6, 6.07) is 0. The molecule has 2 rings (SSSR count). The van der Waals surface area contributed by atoms with Gasteiger partial charge in [-0.25, -0.2) is 4.68 Å². The minimum Gasteiger partial charge on any atom is -0.392 e. The summed E-state index contributed by atoms with van der Waals surface area (Å²) in [6.07, 6.45) is 4.09. The fraction of sp³-hybridized carbons (Fsp3) is 0.833. The molecule has 96 valence electrons. The predicted octanol–water partition coefficient (Wildman–Crippen LogP) is 0.894. The van der Waals surface area contributed by atoms with E-state index in [9.17, 15) is 5.11 Å². The van der Waals surface area contributed by atoms with Crippen molar-refractivity contribution in [2.75, 3.05) is 6.54 Å². The van der Waals surface area contributed by atoms with Crippen LogP contribution in [0.3, 0.4) is 0 Å². The maximum absolute atomic E-state index is 9.70. The predicted molar refractivity (Wildman–Crippen MR) is 65.5 cm³/mol. The third-order valence-electron chi connectivity index (χ3n) is 3.05. The zero-order chi connectivity index (χ0) is 12.5. The fourth-order valence-corrected chi connectivity index (χ4v) is 1.70. The van der Waals surface area contributed by atoms with Crippen LogP contribution in [0.1, 0.15) is 39.3 Å². The molecule has 5 nitrogen and oxygen atoms in total. The van der Waals surface area contributed by atoms with Crippen LogP contribution in [0.5, 0.6) is 0 Å². The number of hydrogen-bond acceptors (Lipinski definition) is 4. The van der Waals surface area contributed by atoms with Crippen LogP contribution in [0.25, 0.3) is 0 Å². The van der Waals surface area contributed by atoms with E-state index in [-0.39, 0.29) is 11.6 Å². The van der Waals surface area contributed by atoms with Crippen LogP contribution in [0, 0.1) is 5.92 Å². The zero-order valence-electron chi connectivity index (χ0n) is 10.8. The maximum atomic E-state index is 9.70. The Morgan fingerprint density at radius 1 is 1.53 bits per heavy atom. The van der Waals surface area contributed by atoms with Crippen molar-refractivity contribution in [3.63, 3.8) is 0 Å². The summed E-state index contributed by atoms with van der Waals surface area (Å²) in [4.78, 5) is 0. The number of aromatic nitrogens is 3. The number of nitrogens with one attached hydrogen (secondary N) is 1. The lowest BCUT2D eigenvalue weighted by atomic mass is 10.1. The Kier molecular flexibility index (Phi) is 3.49. The topological polar surface area (TPSA) is 63.0 Å². The molecule has 0 saturated heterocycles. The molecule has 1 aliphatic carbocycles. The highest BCUT2D eigenvalue weighted by Gasteiger charge is 2.29. The lowest BCUT2D eigenvalue weighted by Gasteiger charge is -2.17. The average Bonchev–Trinajstić information content (AvgIpc) is 2.97. The molecule has 1 aromatic heterocycles. The fourth-order valence-electron chi connectivity index (χ4n) is 1.70. The molecule has 17 heavy (non-hydrogen) atoms. The SMILES string of the molecule is CC(C)(C)n1cc(CNCC(O)C2CC2)nn1. The summed E-state index contributed by atoms with van der Waals surface area (Å²) in [7, 11) is 0. The van der Waals surface area contributed by atoms with Crippen LogP contribution in [0.4, 0.5) is 0 Å². The first kappa shape index (κ1) is 12.5. The van der Waals surface area contributed by atoms with Crippen molar-refractivity contribution in [1.82, 2.24) is 20.3 Å². The summed E-state index contributed by atoms with van der Waals surface area (Å²) >= 11 is 0. The second kappa shape index (κ2) is 4.74. The van der Waals surface area contributed by atoms with E-state index in [2.05, 4.69) is 36.4 Å². The number of aliphatic hydroxyl groups is 1. The Morgan fingerprint density at radius 3 is 2.76 bits per heavy atom. The van der Waals surface area contributed by atoms with Crippen LogP contribution in [-0.2, 0) is 12.1 Å². The number of aliphatic hydroxyl groups excluding tert-OH is 1. The summed E-state index contributed by atoms with van der Waals surface area (Å²) in [5, 5.41) is 21.1. The molecule has 0 bridgehead atoms. The number of hydrogen-bond donors (Lipinski definition) is 2. The Balaban J connectivity index is 1.77. The van der Waals surface area contributed by atoms with Crippen molar-refractivity contribution in [3.8, 4) is 0 Å². The normalized spacial score (nSPS) is 18.4. The van der Waals surface area contributed by atoms with Gasteiger partial charge < -0.3 is 10.4 Å². The maximum Gasteiger partial charge on any atom is 0.0965 e. The monoisotopic (exact) mass is 238 g/mol. The quantitative estimate of drug-likeness (QED) is 0.800. The Hall–Kier alpha value is -0.940. The molecular weight excluding hydrogens is 216 g/mol. The van der Waals surface area contributed by atoms with Crippen LogP contribution in [-0.4, -0.2) is 32.7 Å². The van der Waals surface area contributed by atoms with Gasteiger partial charge in [-0.2, -0.15) is 0 Å². The standard InChI is InChI=1S/C12H22N4O/c1-12(2,3)16-8-10(14-15-16)6-13-7-11(17)9-4-5-9/h8-9,11,13,17H,4-7H2,1-3H3. The zero-order valence-corrected chi connectivity index (χ0v) is 10.8. The molecule has 1 atom stereocenters. The van der Waals surface area contributed by atoms with E-state index in [1.807, 2.05) is 10.9 Å². The van der Waals surface area contributed by atoms with E-state index in [1.54, 1.807) is 0 Å². The highest BCUT2D eigenvalue weighted by Crippen LogP contribution is 2.32. The molecule has 1 heterocycles. The smallest absolute Gasteiger partial charge is 0.0965 e. The minimum absolute atomic E-state index is 0.0290. The lowest BCUT2D eigenvalue weighted by Crippen LogP contribution is -2.28. The Labute approximate surface area is 102 Å². The van der Waals surface area contributed by atoms with E-state index >= 15 is 0 Å². The number of nitrogens with zero attached hydrogens (tertiary/aromatic N) is 3. The van der Waals surface area contributed by atoms with Crippen LogP contribution in [0.2, 0.25) is 0 Å². The van der Waals surface area contributed by atoms with E-state index in [1.165, 1.54) is 12.8 Å². The second-order valence-electron chi connectivity index (χ2n) is 5.86. The molecular formula is C12H22N4O. The molecule has 1 saturated carbocycles. The summed E-state index contributed by atoms with van der Waals surface area (Å²) < 4.78 is 1.86. The van der Waals surface area contributed by atoms with Gasteiger partial charge in [0.1, 0.15) is 0 Å². The van der Waals surface area contributed by atoms with Gasteiger partial charge >= 0.3 is 0 Å². The van der Waals surface area contributed by atoms with Gasteiger partial charge in [-0.15, -0.1) is 5.10 Å². The van der Waals surface area contributed by atoms with Crippen molar-refractivity contribution in [1.29, 1.82) is 0 Å². The van der Waals surface area contributed by atoms with Gasteiger partial charge in [0.2, 0.25) is 0 Å². The van der Waals surface area contributed by atoms with Gasteiger partial charge in [0, 0.05) is 13.1 Å². The minimum atomic E-state index is -0.201. The molecule has 0 radical (unpaired) electrons. The van der Waals surface area contributed by atoms with Crippen molar-refractivity contribution in [2.24, 2.45) is 5.92 Å². The lowest BCUT2D eigenvalue weighted by molar-refractivity contribution is 0.148. The molecule has 0 spiro atoms. The molecule has 1 fully saturated rings. The van der Waals surface area contributed by atoms with Crippen LogP contribution < -0.4 is 5.32 Å². The van der Waals surface area contributed by atoms with E-state index < -0.39 is 0 Å². The second-order valence-corrected chi connectivity index (χ2v) is 5.86. The van der Waals surface area contributed by atoms with Crippen molar-refractivity contribution < 1.29 is 5.11 Å². The molecule has 2 N–H and O–H groups in total. The van der Waals surface area contributed by atoms with Gasteiger partial charge in [0.15, 0.2) is 0 Å². The van der Waals surface area contributed by atoms with Gasteiger partial charge in [0.05, 0.1) is 23.5 Å². The summed E-state index contributed by atoms with van der Waals surface area (Å²) in [5.74, 6) is 0.521. The van der Waals surface area contributed by atoms with Crippen LogP contribution in [0.15, 0.2) is 6.20 Å². The highest BCUT2D eigenvalue weighted by atomic mass is 16.3. The molecule has 1 aliphatic rings. The van der Waals surface area contributed by atoms with Gasteiger partial charge in [0.25, 0.3) is 0 Å². The number of rotatable bonds is 5. The van der Waals surface area contributed by atoms with E-state index in [0.29, 0.717) is 19.0 Å². The first-order valence-electron chi connectivity index (χ1n) is 6.27. The summed E-state index contributed by atoms with van der Waals surface area (Å²) in [6.45, 7) is 7.59. The van der Waals surface area contributed by atoms with E-state index in [4.69, 9.17) is 0 Å². The van der Waals surface area contributed by atoms with Crippen molar-refractivity contribution >= 4 is 0 Å². The summed E-state index contributed by atoms with van der Waals surface area (Å²) in [5.41, 5.74) is 0.890. The molecule has 1 unspecified atom stereocenters. The molecule has 0 amide bonds. The molecule has 1 aromatic rings. The first-order valence-corrected chi connectivity index (χ1v) is 6.27. The molecule has 5 heteroatoms. The molecule has 0 aliphatic heterocycles. The third kappa shape index (κ3) is 3.51. The van der Waals surface area contributed by atoms with E-state index in [0.717, 1.165) is 5.69 Å². The van der Waals surface area contributed by atoms with Gasteiger partial charge in [-0.3, -0.25) is 0 Å². The Morgan fingerprint density at radius 2 is 2.24 bits per heavy atom. The van der Waals surface area contributed by atoms with Crippen molar-refractivity contribution in [3.05, 3.63) is 11.9 Å². The van der Waals surface area contributed by atoms with Crippen LogP contribution >= 0.6 is 0 Å². The third-order valence-corrected chi connectivity index (χ3v) is 3.05.